The van der Waals surface area contributed by atoms with Crippen LogP contribution in [0.5, 0.6) is 0 Å². The van der Waals surface area contributed by atoms with Crippen LogP contribution in [-0.4, -0.2) is 56.7 Å². The molecule has 8 heteroatoms. The van der Waals surface area contributed by atoms with Gasteiger partial charge >= 0.3 is 0 Å². The lowest BCUT2D eigenvalue weighted by molar-refractivity contribution is 0.0748. The van der Waals surface area contributed by atoms with E-state index in [9.17, 15) is 4.79 Å². The van der Waals surface area contributed by atoms with E-state index in [0.29, 0.717) is 18.7 Å². The van der Waals surface area contributed by atoms with E-state index in [1.807, 2.05) is 57.6 Å². The van der Waals surface area contributed by atoms with Gasteiger partial charge in [0.1, 0.15) is 0 Å². The van der Waals surface area contributed by atoms with Crippen LogP contribution in [0, 0.1) is 0 Å². The molecule has 1 amide bonds. The fourth-order valence-electron chi connectivity index (χ4n) is 3.97. The van der Waals surface area contributed by atoms with E-state index in [1.54, 1.807) is 17.5 Å². The second-order valence-corrected chi connectivity index (χ2v) is 8.81. The summed E-state index contributed by atoms with van der Waals surface area (Å²) in [5.74, 6) is 0.0340. The van der Waals surface area contributed by atoms with Gasteiger partial charge in [0, 0.05) is 49.4 Å². The molecule has 1 saturated heterocycles. The molecule has 0 radical (unpaired) electrons. The van der Waals surface area contributed by atoms with Crippen LogP contribution < -0.4 is 4.90 Å². The minimum Gasteiger partial charge on any atom is -0.345 e. The smallest absolute Gasteiger partial charge is 0.254 e. The van der Waals surface area contributed by atoms with Crippen molar-refractivity contribution in [3.63, 3.8) is 0 Å². The Balaban J connectivity index is 1.50. The molecule has 0 N–H and O–H groups in total. The van der Waals surface area contributed by atoms with Gasteiger partial charge < -0.3 is 9.80 Å². The Hall–Kier alpha value is -3.26. The predicted octanol–water partition coefficient (Wildman–Crippen LogP) is 4.10. The number of benzene rings is 1. The molecule has 4 aromatic rings. The molecule has 1 fully saturated rings. The first-order chi connectivity index (χ1) is 15.1. The second kappa shape index (κ2) is 8.11. The van der Waals surface area contributed by atoms with Gasteiger partial charge in [0.15, 0.2) is 10.8 Å². The van der Waals surface area contributed by atoms with Crippen LogP contribution >= 0.6 is 11.3 Å². The summed E-state index contributed by atoms with van der Waals surface area (Å²) in [5.41, 5.74) is 3.20. The molecule has 0 saturated carbocycles. The number of amides is 1. The number of hydrogen-bond donors (Lipinski definition) is 0. The van der Waals surface area contributed by atoms with Crippen LogP contribution in [0.15, 0.2) is 54.2 Å². The van der Waals surface area contributed by atoms with Crippen molar-refractivity contribution in [2.75, 3.05) is 31.1 Å². The zero-order valence-electron chi connectivity index (χ0n) is 17.6. The first kappa shape index (κ1) is 19.7. The van der Waals surface area contributed by atoms with Gasteiger partial charge in [-0.15, -0.1) is 11.3 Å². The van der Waals surface area contributed by atoms with Crippen molar-refractivity contribution in [3.05, 3.63) is 59.7 Å². The van der Waals surface area contributed by atoms with Crippen molar-refractivity contribution >= 4 is 33.4 Å². The molecule has 0 atom stereocenters. The van der Waals surface area contributed by atoms with Crippen molar-refractivity contribution in [2.24, 2.45) is 0 Å². The van der Waals surface area contributed by atoms with E-state index in [4.69, 9.17) is 4.98 Å². The second-order valence-electron chi connectivity index (χ2n) is 7.94. The molecule has 4 heterocycles. The maximum atomic E-state index is 13.6. The fraction of sp³-hybridized carbons (Fsp3) is 0.304. The van der Waals surface area contributed by atoms with Gasteiger partial charge in [0.2, 0.25) is 0 Å². The Bertz CT molecular complexity index is 1190. The van der Waals surface area contributed by atoms with E-state index < -0.39 is 0 Å². The maximum Gasteiger partial charge on any atom is 0.254 e. The van der Waals surface area contributed by atoms with Gasteiger partial charge in [-0.25, -0.2) is 14.6 Å². The average Bonchev–Trinajstić information content (AvgIpc) is 3.49. The molecule has 0 bridgehead atoms. The van der Waals surface area contributed by atoms with E-state index in [-0.39, 0.29) is 11.9 Å². The summed E-state index contributed by atoms with van der Waals surface area (Å²) in [6.07, 6.45) is 3.60. The molecule has 5 rings (SSSR count). The number of piperazine rings is 1. The largest absolute Gasteiger partial charge is 0.345 e. The Morgan fingerprint density at radius 2 is 1.87 bits per heavy atom. The molecule has 1 aliphatic heterocycles. The van der Waals surface area contributed by atoms with Gasteiger partial charge in [-0.1, -0.05) is 30.3 Å². The van der Waals surface area contributed by atoms with Crippen molar-refractivity contribution in [1.82, 2.24) is 24.6 Å². The van der Waals surface area contributed by atoms with Crippen LogP contribution in [0.25, 0.3) is 22.3 Å². The Morgan fingerprint density at radius 1 is 1.10 bits per heavy atom. The lowest BCUT2D eigenvalue weighted by Crippen LogP contribution is -2.48. The molecule has 31 heavy (non-hydrogen) atoms. The summed E-state index contributed by atoms with van der Waals surface area (Å²) in [6, 6.07) is 12.1. The SMILES string of the molecule is CC(C)n1ncc2c(C(=O)N3CCN(c4nccs4)CC3)cc(-c3ccccc3)nc21. The number of aromatic nitrogens is 4. The number of rotatable bonds is 4. The van der Waals surface area contributed by atoms with Crippen molar-refractivity contribution in [1.29, 1.82) is 0 Å². The third-order valence-electron chi connectivity index (χ3n) is 5.61. The van der Waals surface area contributed by atoms with Gasteiger partial charge in [0.25, 0.3) is 5.91 Å². The molecule has 1 aromatic carbocycles. The average molecular weight is 433 g/mol. The first-order valence-electron chi connectivity index (χ1n) is 10.5. The Labute approximate surface area is 185 Å². The van der Waals surface area contributed by atoms with Crippen LogP contribution in [0.2, 0.25) is 0 Å². The Kier molecular flexibility index (Phi) is 5.15. The topological polar surface area (TPSA) is 67.2 Å². The highest BCUT2D eigenvalue weighted by Gasteiger charge is 2.26. The third-order valence-corrected chi connectivity index (χ3v) is 6.44. The van der Waals surface area contributed by atoms with E-state index in [0.717, 1.165) is 40.5 Å². The maximum absolute atomic E-state index is 13.6. The van der Waals surface area contributed by atoms with Gasteiger partial charge in [-0.05, 0) is 19.9 Å². The molecule has 1 aliphatic rings. The minimum atomic E-state index is 0.0340. The number of carbonyl (C=O) groups excluding carboxylic acids is 1. The highest BCUT2D eigenvalue weighted by molar-refractivity contribution is 7.13. The summed E-state index contributed by atoms with van der Waals surface area (Å²) in [4.78, 5) is 27.0. The number of hydrogen-bond acceptors (Lipinski definition) is 6. The van der Waals surface area contributed by atoms with E-state index >= 15 is 0 Å². The van der Waals surface area contributed by atoms with Gasteiger partial charge in [0.05, 0.1) is 22.8 Å². The molecule has 0 spiro atoms. The quantitative estimate of drug-likeness (QED) is 0.486. The number of pyridine rings is 1. The highest BCUT2D eigenvalue weighted by Crippen LogP contribution is 2.28. The van der Waals surface area contributed by atoms with Crippen LogP contribution in [0.1, 0.15) is 30.2 Å². The van der Waals surface area contributed by atoms with Crippen LogP contribution in [0.4, 0.5) is 5.13 Å². The highest BCUT2D eigenvalue weighted by atomic mass is 32.1. The molecule has 3 aromatic heterocycles. The zero-order valence-corrected chi connectivity index (χ0v) is 18.4. The summed E-state index contributed by atoms with van der Waals surface area (Å²) >= 11 is 1.63. The number of thiazole rings is 1. The van der Waals surface area contributed by atoms with Gasteiger partial charge in [-0.3, -0.25) is 4.79 Å². The molecule has 158 valence electrons. The summed E-state index contributed by atoms with van der Waals surface area (Å²) < 4.78 is 1.89. The van der Waals surface area contributed by atoms with Crippen LogP contribution in [0.3, 0.4) is 0 Å². The molecular weight excluding hydrogens is 408 g/mol. The number of nitrogens with zero attached hydrogens (tertiary/aromatic N) is 6. The standard InChI is InChI=1S/C23H24N6OS/c1-16(2)29-21-19(15-25-29)18(14-20(26-21)17-6-4-3-5-7-17)22(30)27-9-11-28(12-10-27)23-24-8-13-31-23/h3-8,13-16H,9-12H2,1-2H3. The molecule has 0 unspecified atom stereocenters. The van der Waals surface area contributed by atoms with Crippen molar-refractivity contribution in [2.45, 2.75) is 19.9 Å². The number of carbonyl (C=O) groups is 1. The third kappa shape index (κ3) is 3.67. The zero-order chi connectivity index (χ0) is 21.4. The predicted molar refractivity (Wildman–Crippen MR) is 124 cm³/mol. The molecular formula is C23H24N6OS. The number of fused-ring (bicyclic) bond motifs is 1. The fourth-order valence-corrected chi connectivity index (χ4v) is 4.67. The van der Waals surface area contributed by atoms with E-state index in [2.05, 4.69) is 28.8 Å². The summed E-state index contributed by atoms with van der Waals surface area (Å²) in [6.45, 7) is 7.04. The normalized spacial score (nSPS) is 14.5. The summed E-state index contributed by atoms with van der Waals surface area (Å²) in [5, 5.41) is 8.34. The van der Waals surface area contributed by atoms with Crippen molar-refractivity contribution < 1.29 is 4.79 Å². The lowest BCUT2D eigenvalue weighted by Gasteiger charge is -2.34. The minimum absolute atomic E-state index is 0.0340. The van der Waals surface area contributed by atoms with E-state index in [1.165, 1.54) is 0 Å². The first-order valence-corrected chi connectivity index (χ1v) is 11.4. The Morgan fingerprint density at radius 3 is 2.55 bits per heavy atom. The lowest BCUT2D eigenvalue weighted by atomic mass is 10.1. The van der Waals surface area contributed by atoms with Gasteiger partial charge in [-0.2, -0.15) is 5.10 Å². The molecule has 7 nitrogen and oxygen atoms in total. The number of anilines is 1. The summed E-state index contributed by atoms with van der Waals surface area (Å²) in [7, 11) is 0. The monoisotopic (exact) mass is 432 g/mol. The molecule has 0 aliphatic carbocycles. The van der Waals surface area contributed by atoms with Crippen molar-refractivity contribution in [3.8, 4) is 11.3 Å². The van der Waals surface area contributed by atoms with Crippen LogP contribution in [-0.2, 0) is 0 Å².